The van der Waals surface area contributed by atoms with Crippen molar-refractivity contribution >= 4 is 23.2 Å². The van der Waals surface area contributed by atoms with Crippen molar-refractivity contribution in [2.24, 2.45) is 5.92 Å². The minimum absolute atomic E-state index is 0.0561. The van der Waals surface area contributed by atoms with E-state index in [-0.39, 0.29) is 17.9 Å². The molecule has 1 amide bonds. The second-order valence-electron chi connectivity index (χ2n) is 4.48. The van der Waals surface area contributed by atoms with Crippen LogP contribution in [-0.4, -0.2) is 11.9 Å². The highest BCUT2D eigenvalue weighted by molar-refractivity contribution is 6.33. The summed E-state index contributed by atoms with van der Waals surface area (Å²) in [5, 5.41) is 12.3. The summed E-state index contributed by atoms with van der Waals surface area (Å²) in [4.78, 5) is 12.0. The summed E-state index contributed by atoms with van der Waals surface area (Å²) in [5.74, 6) is -0.288. The number of amides is 1. The molecule has 2 atom stereocenters. The first-order chi connectivity index (χ1) is 8.61. The molecule has 0 radical (unpaired) electrons. The molecular weight excluding hydrogens is 250 g/mol. The zero-order valence-corrected chi connectivity index (χ0v) is 10.6. The monoisotopic (exact) mass is 263 g/mol. The number of anilines is 1. The number of carbonyl (C=O) groups excluding carboxylic acids is 1. The maximum Gasteiger partial charge on any atom is 0.251 e. The van der Waals surface area contributed by atoms with Crippen molar-refractivity contribution in [1.82, 2.24) is 5.32 Å². The zero-order valence-electron chi connectivity index (χ0n) is 9.82. The molecule has 0 heterocycles. The maximum atomic E-state index is 12.0. The lowest BCUT2D eigenvalue weighted by Gasteiger charge is -2.15. The number of halogens is 1. The van der Waals surface area contributed by atoms with Gasteiger partial charge < -0.3 is 11.1 Å². The van der Waals surface area contributed by atoms with Crippen LogP contribution in [0, 0.1) is 17.2 Å². The smallest absolute Gasteiger partial charge is 0.251 e. The number of rotatable bonds is 2. The van der Waals surface area contributed by atoms with Crippen LogP contribution in [0.2, 0.25) is 5.02 Å². The minimum atomic E-state index is -0.203. The number of nitrogens with zero attached hydrogens (tertiary/aromatic N) is 1. The molecule has 5 heteroatoms. The lowest BCUT2D eigenvalue weighted by atomic mass is 10.1. The van der Waals surface area contributed by atoms with Gasteiger partial charge in [-0.3, -0.25) is 4.79 Å². The fourth-order valence-electron chi connectivity index (χ4n) is 2.22. The zero-order chi connectivity index (χ0) is 13.1. The van der Waals surface area contributed by atoms with Crippen LogP contribution in [-0.2, 0) is 0 Å². The van der Waals surface area contributed by atoms with Crippen molar-refractivity contribution in [1.29, 1.82) is 5.26 Å². The normalized spacial score (nSPS) is 22.4. The molecule has 2 rings (SSSR count). The predicted octanol–water partition coefficient (Wildman–Crippen LogP) is 2.34. The molecule has 18 heavy (non-hydrogen) atoms. The first-order valence-electron chi connectivity index (χ1n) is 5.87. The maximum absolute atomic E-state index is 12.0. The number of nitriles is 1. The van der Waals surface area contributed by atoms with E-state index in [0.717, 1.165) is 19.3 Å². The Hall–Kier alpha value is -1.73. The van der Waals surface area contributed by atoms with Gasteiger partial charge in [0.2, 0.25) is 0 Å². The molecule has 4 nitrogen and oxygen atoms in total. The molecule has 1 aromatic rings. The third-order valence-electron chi connectivity index (χ3n) is 3.26. The second-order valence-corrected chi connectivity index (χ2v) is 4.89. The van der Waals surface area contributed by atoms with E-state index in [9.17, 15) is 4.79 Å². The quantitative estimate of drug-likeness (QED) is 0.804. The molecule has 1 saturated carbocycles. The first kappa shape index (κ1) is 12.7. The Morgan fingerprint density at radius 1 is 1.50 bits per heavy atom. The average Bonchev–Trinajstić information content (AvgIpc) is 2.79. The number of benzene rings is 1. The summed E-state index contributed by atoms with van der Waals surface area (Å²) in [6.07, 6.45) is 2.68. The van der Waals surface area contributed by atoms with Crippen LogP contribution in [0.1, 0.15) is 29.6 Å². The summed E-state index contributed by atoms with van der Waals surface area (Å²) in [5.41, 5.74) is 6.51. The SMILES string of the molecule is N#CC1CCCC1NC(=O)c1ccc(Cl)c(N)c1. The van der Waals surface area contributed by atoms with Gasteiger partial charge in [0, 0.05) is 11.6 Å². The molecule has 1 aliphatic carbocycles. The van der Waals surface area contributed by atoms with Crippen molar-refractivity contribution in [3.05, 3.63) is 28.8 Å². The number of nitrogen functional groups attached to an aromatic ring is 1. The molecule has 1 fully saturated rings. The molecule has 1 aromatic carbocycles. The molecule has 1 aliphatic rings. The van der Waals surface area contributed by atoms with Crippen LogP contribution < -0.4 is 11.1 Å². The predicted molar refractivity (Wildman–Crippen MR) is 70.1 cm³/mol. The van der Waals surface area contributed by atoms with Gasteiger partial charge in [-0.1, -0.05) is 11.6 Å². The molecule has 3 N–H and O–H groups in total. The average molecular weight is 264 g/mol. The molecule has 2 unspecified atom stereocenters. The van der Waals surface area contributed by atoms with E-state index in [1.807, 2.05) is 0 Å². The van der Waals surface area contributed by atoms with Crippen molar-refractivity contribution in [2.75, 3.05) is 5.73 Å². The van der Waals surface area contributed by atoms with Gasteiger partial charge in [-0.05, 0) is 37.5 Å². The standard InChI is InChI=1S/C13H14ClN3O/c14-10-5-4-8(6-11(10)16)13(18)17-12-3-1-2-9(12)7-15/h4-6,9,12H,1-3,16H2,(H,17,18). The Kier molecular flexibility index (Phi) is 3.73. The lowest BCUT2D eigenvalue weighted by Crippen LogP contribution is -2.36. The van der Waals surface area contributed by atoms with Crippen LogP contribution in [0.15, 0.2) is 18.2 Å². The largest absolute Gasteiger partial charge is 0.398 e. The molecule has 0 aromatic heterocycles. The van der Waals surface area contributed by atoms with Crippen molar-refractivity contribution in [2.45, 2.75) is 25.3 Å². The summed E-state index contributed by atoms with van der Waals surface area (Å²) in [7, 11) is 0. The van der Waals surface area contributed by atoms with Crippen LogP contribution in [0.3, 0.4) is 0 Å². The Labute approximate surface area is 111 Å². The highest BCUT2D eigenvalue weighted by Gasteiger charge is 2.28. The molecule has 0 aliphatic heterocycles. The fourth-order valence-corrected chi connectivity index (χ4v) is 2.34. The van der Waals surface area contributed by atoms with E-state index in [4.69, 9.17) is 22.6 Å². The van der Waals surface area contributed by atoms with E-state index >= 15 is 0 Å². The number of hydrogen-bond acceptors (Lipinski definition) is 3. The van der Waals surface area contributed by atoms with E-state index in [0.29, 0.717) is 16.3 Å². The Bertz CT molecular complexity index is 509. The van der Waals surface area contributed by atoms with Crippen molar-refractivity contribution < 1.29 is 4.79 Å². The van der Waals surface area contributed by atoms with E-state index in [1.165, 1.54) is 0 Å². The van der Waals surface area contributed by atoms with Gasteiger partial charge in [0.1, 0.15) is 0 Å². The molecular formula is C13H14ClN3O. The van der Waals surface area contributed by atoms with Crippen LogP contribution in [0.25, 0.3) is 0 Å². The number of nitrogens with one attached hydrogen (secondary N) is 1. The molecule has 0 saturated heterocycles. The number of carbonyl (C=O) groups is 1. The van der Waals surface area contributed by atoms with E-state index < -0.39 is 0 Å². The van der Waals surface area contributed by atoms with Gasteiger partial charge >= 0.3 is 0 Å². The van der Waals surface area contributed by atoms with Gasteiger partial charge in [-0.25, -0.2) is 0 Å². The molecule has 0 bridgehead atoms. The number of hydrogen-bond donors (Lipinski definition) is 2. The van der Waals surface area contributed by atoms with E-state index in [1.54, 1.807) is 18.2 Å². The molecule has 0 spiro atoms. The van der Waals surface area contributed by atoms with Crippen LogP contribution in [0.5, 0.6) is 0 Å². The van der Waals surface area contributed by atoms with Gasteiger partial charge in [-0.2, -0.15) is 5.26 Å². The first-order valence-corrected chi connectivity index (χ1v) is 6.25. The fraction of sp³-hybridized carbons (Fsp3) is 0.385. The summed E-state index contributed by atoms with van der Waals surface area (Å²) in [6.45, 7) is 0. The third kappa shape index (κ3) is 2.57. The summed E-state index contributed by atoms with van der Waals surface area (Å²) in [6, 6.07) is 6.95. The highest BCUT2D eigenvalue weighted by atomic mass is 35.5. The molecule has 94 valence electrons. The Morgan fingerprint density at radius 3 is 2.94 bits per heavy atom. The van der Waals surface area contributed by atoms with Crippen LogP contribution in [0.4, 0.5) is 5.69 Å². The van der Waals surface area contributed by atoms with Gasteiger partial charge in [0.25, 0.3) is 5.91 Å². The van der Waals surface area contributed by atoms with Crippen molar-refractivity contribution in [3.63, 3.8) is 0 Å². The minimum Gasteiger partial charge on any atom is -0.398 e. The number of nitrogens with two attached hydrogens (primary N) is 1. The van der Waals surface area contributed by atoms with Gasteiger partial charge in [-0.15, -0.1) is 0 Å². The third-order valence-corrected chi connectivity index (χ3v) is 3.60. The van der Waals surface area contributed by atoms with Crippen LogP contribution >= 0.6 is 11.6 Å². The Morgan fingerprint density at radius 2 is 2.28 bits per heavy atom. The topological polar surface area (TPSA) is 78.9 Å². The van der Waals surface area contributed by atoms with Gasteiger partial charge in [0.05, 0.1) is 22.7 Å². The second kappa shape index (κ2) is 5.28. The summed E-state index contributed by atoms with van der Waals surface area (Å²) >= 11 is 5.80. The lowest BCUT2D eigenvalue weighted by molar-refractivity contribution is 0.0933. The summed E-state index contributed by atoms with van der Waals surface area (Å²) < 4.78 is 0. The van der Waals surface area contributed by atoms with E-state index in [2.05, 4.69) is 11.4 Å². The van der Waals surface area contributed by atoms with Crippen molar-refractivity contribution in [3.8, 4) is 6.07 Å². The van der Waals surface area contributed by atoms with Gasteiger partial charge in [0.15, 0.2) is 0 Å². The highest BCUT2D eigenvalue weighted by Crippen LogP contribution is 2.25. The Balaban J connectivity index is 2.08.